The number of aliphatic hydroxyl groups excluding tert-OH is 1. The smallest absolute Gasteiger partial charge is 0.317 e. The van der Waals surface area contributed by atoms with Gasteiger partial charge in [-0.3, -0.25) is 24.3 Å². The second kappa shape index (κ2) is 14.8. The first-order valence-electron chi connectivity index (χ1n) is 10.4. The van der Waals surface area contributed by atoms with Crippen LogP contribution in [0.25, 0.3) is 0 Å². The molecule has 0 amide bonds. The van der Waals surface area contributed by atoms with Gasteiger partial charge in [-0.05, 0) is 11.1 Å². The third-order valence-corrected chi connectivity index (χ3v) is 5.11. The van der Waals surface area contributed by atoms with Crippen molar-refractivity contribution in [3.63, 3.8) is 0 Å². The summed E-state index contributed by atoms with van der Waals surface area (Å²) in [7, 11) is 1.00. The van der Waals surface area contributed by atoms with E-state index in [2.05, 4.69) is 21.9 Å². The lowest BCUT2D eigenvalue weighted by atomic mass is 10.1. The van der Waals surface area contributed by atoms with Gasteiger partial charge in [-0.15, -0.1) is 0 Å². The first-order chi connectivity index (χ1) is 14.5. The Kier molecular flexibility index (Phi) is 12.8. The van der Waals surface area contributed by atoms with Gasteiger partial charge >= 0.3 is 5.97 Å². The van der Waals surface area contributed by atoms with Gasteiger partial charge in [0, 0.05) is 65.8 Å². The van der Waals surface area contributed by atoms with E-state index in [1.807, 2.05) is 24.0 Å². The Hall–Kier alpha value is -2.13. The normalized spacial score (nSPS) is 16.5. The molecule has 0 aliphatic carbocycles. The maximum absolute atomic E-state index is 11.6. The quantitative estimate of drug-likeness (QED) is 0.557. The highest BCUT2D eigenvalue weighted by Gasteiger charge is 2.18. The molecule has 1 aromatic rings. The molecular weight excluding hydrogens is 386 g/mol. The molecule has 0 unspecified atom stereocenters. The monoisotopic (exact) mass is 421 g/mol. The zero-order valence-electron chi connectivity index (χ0n) is 18.1. The van der Waals surface area contributed by atoms with Crippen molar-refractivity contribution in [2.45, 2.75) is 26.3 Å². The van der Waals surface area contributed by atoms with Gasteiger partial charge < -0.3 is 15.0 Å². The molecule has 1 heterocycles. The highest BCUT2D eigenvalue weighted by Crippen LogP contribution is 2.10. The molecule has 8 nitrogen and oxygen atoms in total. The molecule has 0 radical (unpaired) electrons. The largest absolute Gasteiger partial charge is 0.480 e. The minimum Gasteiger partial charge on any atom is -0.480 e. The molecule has 0 saturated carbocycles. The fourth-order valence-corrected chi connectivity index (χ4v) is 3.35. The fraction of sp³-hybridized carbons (Fsp3) is 0.591. The standard InChI is InChI=1S/C21H31N3O4.CH4O/c1-2-20(26)15-18-3-5-19(6-4-18)16-23-9-7-22(13-14-25)8-10-24(12-11-23)17-21(27)28;1-2/h3-6,14H,2,7-13,15-17H2,1H3,(H,27,28);2H,1H3. The van der Waals surface area contributed by atoms with Gasteiger partial charge in [0.15, 0.2) is 0 Å². The Labute approximate surface area is 179 Å². The first-order valence-corrected chi connectivity index (χ1v) is 10.4. The molecule has 0 bridgehead atoms. The van der Waals surface area contributed by atoms with Crippen molar-refractivity contribution < 1.29 is 24.6 Å². The number of hydrogen-bond acceptors (Lipinski definition) is 7. The summed E-state index contributed by atoms with van der Waals surface area (Å²) in [6, 6.07) is 8.13. The lowest BCUT2D eigenvalue weighted by molar-refractivity contribution is -0.138. The van der Waals surface area contributed by atoms with E-state index >= 15 is 0 Å². The second-order valence-corrected chi connectivity index (χ2v) is 7.30. The van der Waals surface area contributed by atoms with E-state index in [9.17, 15) is 14.4 Å². The van der Waals surface area contributed by atoms with E-state index in [-0.39, 0.29) is 12.3 Å². The van der Waals surface area contributed by atoms with Crippen molar-refractivity contribution in [2.24, 2.45) is 0 Å². The number of carboxylic acid groups (broad SMARTS) is 1. The van der Waals surface area contributed by atoms with E-state index in [0.29, 0.717) is 39.0 Å². The minimum absolute atomic E-state index is 0.0168. The molecule has 1 aliphatic rings. The molecule has 8 heteroatoms. The average molecular weight is 422 g/mol. The zero-order valence-corrected chi connectivity index (χ0v) is 18.1. The van der Waals surface area contributed by atoms with Crippen LogP contribution in [0, 0.1) is 0 Å². The summed E-state index contributed by atoms with van der Waals surface area (Å²) < 4.78 is 0. The van der Waals surface area contributed by atoms with Crippen molar-refractivity contribution >= 4 is 18.0 Å². The summed E-state index contributed by atoms with van der Waals surface area (Å²) in [6.07, 6.45) is 1.94. The van der Waals surface area contributed by atoms with Gasteiger partial charge in [-0.25, -0.2) is 0 Å². The van der Waals surface area contributed by atoms with Crippen LogP contribution in [-0.4, -0.2) is 102 Å². The summed E-state index contributed by atoms with van der Waals surface area (Å²) in [4.78, 5) is 39.9. The molecule has 2 rings (SSSR count). The average Bonchev–Trinajstić information content (AvgIpc) is 2.83. The summed E-state index contributed by atoms with van der Waals surface area (Å²) in [5.41, 5.74) is 2.20. The highest BCUT2D eigenvalue weighted by molar-refractivity contribution is 5.80. The van der Waals surface area contributed by atoms with Crippen molar-refractivity contribution in [3.8, 4) is 0 Å². The minimum atomic E-state index is -0.829. The zero-order chi connectivity index (χ0) is 22.4. The van der Waals surface area contributed by atoms with Crippen LogP contribution in [-0.2, 0) is 27.3 Å². The van der Waals surface area contributed by atoms with Crippen LogP contribution in [0.5, 0.6) is 0 Å². The summed E-state index contributed by atoms with van der Waals surface area (Å²) >= 11 is 0. The van der Waals surface area contributed by atoms with Crippen LogP contribution in [0.15, 0.2) is 24.3 Å². The number of rotatable bonds is 9. The SMILES string of the molecule is CCC(=O)Cc1ccc(CN2CCN(CC=O)CCN(CC(=O)O)CC2)cc1.CO. The number of aldehydes is 1. The third kappa shape index (κ3) is 10.1. The van der Waals surface area contributed by atoms with Crippen molar-refractivity contribution in [3.05, 3.63) is 35.4 Å². The lowest BCUT2D eigenvalue weighted by Gasteiger charge is -2.25. The number of hydrogen-bond donors (Lipinski definition) is 2. The predicted molar refractivity (Wildman–Crippen MR) is 115 cm³/mol. The molecule has 0 spiro atoms. The van der Waals surface area contributed by atoms with Gasteiger partial charge in [0.2, 0.25) is 0 Å². The Morgan fingerprint density at radius 3 is 1.90 bits per heavy atom. The van der Waals surface area contributed by atoms with Crippen molar-refractivity contribution in [1.29, 1.82) is 0 Å². The summed E-state index contributed by atoms with van der Waals surface area (Å²) in [6.45, 7) is 7.43. The molecule has 0 atom stereocenters. The van der Waals surface area contributed by atoms with E-state index < -0.39 is 5.97 Å². The number of aliphatic carboxylic acids is 1. The molecule has 1 aliphatic heterocycles. The van der Waals surface area contributed by atoms with Gasteiger partial charge in [0.25, 0.3) is 0 Å². The number of nitrogens with zero attached hydrogens (tertiary/aromatic N) is 3. The van der Waals surface area contributed by atoms with E-state index in [0.717, 1.165) is 45.1 Å². The number of Topliss-reactive ketones (excluding diaryl/α,β-unsaturated/α-hetero) is 1. The molecule has 30 heavy (non-hydrogen) atoms. The number of ketones is 1. The van der Waals surface area contributed by atoms with Crippen LogP contribution >= 0.6 is 0 Å². The van der Waals surface area contributed by atoms with Crippen LogP contribution in [0.4, 0.5) is 0 Å². The van der Waals surface area contributed by atoms with E-state index in [1.165, 1.54) is 5.56 Å². The molecule has 168 valence electrons. The van der Waals surface area contributed by atoms with Crippen LogP contribution in [0.3, 0.4) is 0 Å². The van der Waals surface area contributed by atoms with Gasteiger partial charge in [0.1, 0.15) is 12.1 Å². The number of carbonyl (C=O) groups is 3. The van der Waals surface area contributed by atoms with Gasteiger partial charge in [0.05, 0.1) is 13.1 Å². The molecule has 1 saturated heterocycles. The number of aliphatic hydroxyl groups is 1. The maximum Gasteiger partial charge on any atom is 0.317 e. The molecule has 0 aromatic heterocycles. The topological polar surface area (TPSA) is 101 Å². The Morgan fingerprint density at radius 2 is 1.40 bits per heavy atom. The summed E-state index contributed by atoms with van der Waals surface area (Å²) in [5.74, 6) is -0.591. The highest BCUT2D eigenvalue weighted by atomic mass is 16.4. The van der Waals surface area contributed by atoms with Gasteiger partial charge in [-0.2, -0.15) is 0 Å². The van der Waals surface area contributed by atoms with Crippen LogP contribution in [0.1, 0.15) is 24.5 Å². The fourth-order valence-electron chi connectivity index (χ4n) is 3.35. The number of carbonyl (C=O) groups excluding carboxylic acids is 2. The molecule has 1 fully saturated rings. The van der Waals surface area contributed by atoms with Gasteiger partial charge in [-0.1, -0.05) is 31.2 Å². The van der Waals surface area contributed by atoms with Crippen molar-refractivity contribution in [1.82, 2.24) is 14.7 Å². The third-order valence-electron chi connectivity index (χ3n) is 5.11. The Balaban J connectivity index is 0.00000218. The lowest BCUT2D eigenvalue weighted by Crippen LogP contribution is -2.39. The van der Waals surface area contributed by atoms with Crippen LogP contribution in [0.2, 0.25) is 0 Å². The van der Waals surface area contributed by atoms with Crippen molar-refractivity contribution in [2.75, 3.05) is 59.5 Å². The first kappa shape index (κ1) is 25.9. The van der Waals surface area contributed by atoms with E-state index in [1.54, 1.807) is 0 Å². The second-order valence-electron chi connectivity index (χ2n) is 7.30. The predicted octanol–water partition coefficient (Wildman–Crippen LogP) is 0.520. The molecule has 1 aromatic carbocycles. The van der Waals surface area contributed by atoms with E-state index in [4.69, 9.17) is 10.2 Å². The molecular formula is C22H35N3O5. The molecule has 2 N–H and O–H groups in total. The summed E-state index contributed by atoms with van der Waals surface area (Å²) in [5, 5.41) is 16.1. The Morgan fingerprint density at radius 1 is 0.900 bits per heavy atom. The van der Waals surface area contributed by atoms with Crippen LogP contribution < -0.4 is 0 Å². The number of carboxylic acids is 1. The maximum atomic E-state index is 11.6. The Bertz CT molecular complexity index is 651. The number of benzene rings is 1.